The first kappa shape index (κ1) is 22.0. The Morgan fingerprint density at radius 3 is 2.53 bits per heavy atom. The van der Waals surface area contributed by atoms with Crippen molar-refractivity contribution < 1.29 is 18.7 Å². The fraction of sp³-hybridized carbons (Fsp3) is 0.280. The molecule has 1 atom stereocenters. The van der Waals surface area contributed by atoms with Crippen molar-refractivity contribution >= 4 is 28.8 Å². The van der Waals surface area contributed by atoms with Crippen LogP contribution in [0.15, 0.2) is 66.0 Å². The van der Waals surface area contributed by atoms with Crippen LogP contribution >= 0.6 is 11.3 Å². The molecule has 1 aromatic heterocycles. The second-order valence-electron chi connectivity index (χ2n) is 7.80. The highest BCUT2D eigenvalue weighted by Crippen LogP contribution is 2.28. The smallest absolute Gasteiger partial charge is 0.253 e. The van der Waals surface area contributed by atoms with Crippen molar-refractivity contribution in [3.05, 3.63) is 82.3 Å². The zero-order valence-corrected chi connectivity index (χ0v) is 18.7. The van der Waals surface area contributed by atoms with Gasteiger partial charge in [-0.3, -0.25) is 9.59 Å². The third kappa shape index (κ3) is 4.99. The normalized spacial score (nSPS) is 15.9. The minimum Gasteiger partial charge on any atom is -0.497 e. The Morgan fingerprint density at radius 2 is 1.88 bits per heavy atom. The summed E-state index contributed by atoms with van der Waals surface area (Å²) >= 11 is 1.61. The van der Waals surface area contributed by atoms with Crippen LogP contribution < -0.4 is 9.64 Å². The molecule has 32 heavy (non-hydrogen) atoms. The van der Waals surface area contributed by atoms with Gasteiger partial charge in [0, 0.05) is 29.2 Å². The number of amides is 2. The summed E-state index contributed by atoms with van der Waals surface area (Å²) < 4.78 is 18.5. The van der Waals surface area contributed by atoms with Crippen molar-refractivity contribution in [1.82, 2.24) is 4.90 Å². The molecule has 0 saturated carbocycles. The molecule has 1 fully saturated rings. The second kappa shape index (κ2) is 9.96. The van der Waals surface area contributed by atoms with E-state index in [0.29, 0.717) is 25.2 Å². The molecule has 3 aromatic rings. The van der Waals surface area contributed by atoms with Crippen LogP contribution in [-0.4, -0.2) is 36.9 Å². The summed E-state index contributed by atoms with van der Waals surface area (Å²) in [5.41, 5.74) is 1.23. The molecule has 1 aliphatic heterocycles. The van der Waals surface area contributed by atoms with Gasteiger partial charge in [0.15, 0.2) is 0 Å². The summed E-state index contributed by atoms with van der Waals surface area (Å²) in [4.78, 5) is 31.1. The van der Waals surface area contributed by atoms with Gasteiger partial charge in [0.2, 0.25) is 5.91 Å². The van der Waals surface area contributed by atoms with E-state index < -0.39 is 0 Å². The van der Waals surface area contributed by atoms with E-state index in [1.807, 2.05) is 41.8 Å². The Bertz CT molecular complexity index is 1050. The predicted molar refractivity (Wildman–Crippen MR) is 124 cm³/mol. The summed E-state index contributed by atoms with van der Waals surface area (Å²) in [6.07, 6.45) is 1.47. The van der Waals surface area contributed by atoms with Gasteiger partial charge in [0.25, 0.3) is 5.91 Å². The molecule has 2 amide bonds. The van der Waals surface area contributed by atoms with Gasteiger partial charge in [-0.2, -0.15) is 0 Å². The lowest BCUT2D eigenvalue weighted by Crippen LogP contribution is -2.46. The standard InChI is InChI=1S/C25H25FN2O3S/c1-31-22-12-10-21(11-13-22)28(17-23-5-3-15-32-23)25(30)19-4-2-14-27(16-19)24(29)18-6-8-20(26)9-7-18/h3,5-13,15,19H,2,4,14,16-17H2,1H3. The van der Waals surface area contributed by atoms with Gasteiger partial charge < -0.3 is 14.5 Å². The van der Waals surface area contributed by atoms with Crippen LogP contribution in [0.1, 0.15) is 28.1 Å². The van der Waals surface area contributed by atoms with Gasteiger partial charge in [-0.15, -0.1) is 11.3 Å². The second-order valence-corrected chi connectivity index (χ2v) is 8.83. The predicted octanol–water partition coefficient (Wildman–Crippen LogP) is 4.98. The van der Waals surface area contributed by atoms with Crippen LogP contribution in [0.5, 0.6) is 5.75 Å². The van der Waals surface area contributed by atoms with Crippen molar-refractivity contribution in [2.75, 3.05) is 25.1 Å². The van der Waals surface area contributed by atoms with Crippen molar-refractivity contribution in [2.24, 2.45) is 5.92 Å². The largest absolute Gasteiger partial charge is 0.497 e. The third-order valence-electron chi connectivity index (χ3n) is 5.69. The fourth-order valence-corrected chi connectivity index (χ4v) is 4.67. The van der Waals surface area contributed by atoms with Gasteiger partial charge in [0.1, 0.15) is 11.6 Å². The Labute approximate surface area is 191 Å². The Kier molecular flexibility index (Phi) is 6.85. The number of carbonyl (C=O) groups excluding carboxylic acids is 2. The van der Waals surface area contributed by atoms with Gasteiger partial charge in [0.05, 0.1) is 19.6 Å². The molecule has 0 spiro atoms. The van der Waals surface area contributed by atoms with Crippen LogP contribution in [0, 0.1) is 11.7 Å². The quantitative estimate of drug-likeness (QED) is 0.530. The molecule has 1 aliphatic rings. The zero-order valence-electron chi connectivity index (χ0n) is 17.9. The molecule has 0 bridgehead atoms. The van der Waals surface area contributed by atoms with Gasteiger partial charge in [-0.1, -0.05) is 6.07 Å². The Hall–Kier alpha value is -3.19. The minimum atomic E-state index is -0.378. The molecule has 0 N–H and O–H groups in total. The molecule has 1 saturated heterocycles. The van der Waals surface area contributed by atoms with E-state index in [0.717, 1.165) is 29.2 Å². The average molecular weight is 453 g/mol. The van der Waals surface area contributed by atoms with Crippen LogP contribution in [-0.2, 0) is 11.3 Å². The highest BCUT2D eigenvalue weighted by atomic mass is 32.1. The molecular formula is C25H25FN2O3S. The first-order valence-electron chi connectivity index (χ1n) is 10.6. The Morgan fingerprint density at radius 1 is 1.12 bits per heavy atom. The minimum absolute atomic E-state index is 0.000160. The summed E-state index contributed by atoms with van der Waals surface area (Å²) in [6.45, 7) is 1.42. The van der Waals surface area contributed by atoms with Gasteiger partial charge in [-0.05, 0) is 72.8 Å². The molecule has 2 heterocycles. The topological polar surface area (TPSA) is 49.9 Å². The van der Waals surface area contributed by atoms with Crippen LogP contribution in [0.4, 0.5) is 10.1 Å². The first-order chi connectivity index (χ1) is 15.5. The zero-order chi connectivity index (χ0) is 22.5. The molecular weight excluding hydrogens is 427 g/mol. The van der Waals surface area contributed by atoms with Crippen molar-refractivity contribution in [2.45, 2.75) is 19.4 Å². The number of thiophene rings is 1. The van der Waals surface area contributed by atoms with Gasteiger partial charge in [-0.25, -0.2) is 4.39 Å². The van der Waals surface area contributed by atoms with Crippen molar-refractivity contribution in [1.29, 1.82) is 0 Å². The van der Waals surface area contributed by atoms with Crippen molar-refractivity contribution in [3.8, 4) is 5.75 Å². The van der Waals surface area contributed by atoms with Crippen molar-refractivity contribution in [3.63, 3.8) is 0 Å². The lowest BCUT2D eigenvalue weighted by molar-refractivity contribution is -0.123. The lowest BCUT2D eigenvalue weighted by atomic mass is 9.95. The SMILES string of the molecule is COc1ccc(N(Cc2cccs2)C(=O)C2CCCN(C(=O)c3ccc(F)cc3)C2)cc1. The number of hydrogen-bond acceptors (Lipinski definition) is 4. The van der Waals surface area contributed by atoms with Gasteiger partial charge >= 0.3 is 0 Å². The number of piperidine rings is 1. The summed E-state index contributed by atoms with van der Waals surface area (Å²) in [5, 5.41) is 2.00. The number of ether oxygens (including phenoxy) is 1. The highest BCUT2D eigenvalue weighted by Gasteiger charge is 2.32. The number of nitrogens with zero attached hydrogens (tertiary/aromatic N) is 2. The molecule has 4 rings (SSSR count). The molecule has 5 nitrogen and oxygen atoms in total. The number of likely N-dealkylation sites (tertiary alicyclic amines) is 1. The lowest BCUT2D eigenvalue weighted by Gasteiger charge is -2.35. The van der Waals surface area contributed by atoms with Crippen LogP contribution in [0.3, 0.4) is 0 Å². The average Bonchev–Trinajstić information content (AvgIpc) is 3.36. The molecule has 1 unspecified atom stereocenters. The molecule has 166 valence electrons. The summed E-state index contributed by atoms with van der Waals surface area (Å²) in [5.74, 6) is -0.116. The number of hydrogen-bond donors (Lipinski definition) is 0. The van der Waals surface area contributed by atoms with E-state index in [2.05, 4.69) is 0 Å². The maximum absolute atomic E-state index is 13.6. The number of anilines is 1. The first-order valence-corrected chi connectivity index (χ1v) is 11.5. The molecule has 7 heteroatoms. The monoisotopic (exact) mass is 452 g/mol. The van der Waals surface area contributed by atoms with E-state index in [1.54, 1.807) is 28.2 Å². The maximum atomic E-state index is 13.6. The molecule has 0 aliphatic carbocycles. The van der Waals surface area contributed by atoms with E-state index >= 15 is 0 Å². The van der Waals surface area contributed by atoms with E-state index in [1.165, 1.54) is 24.3 Å². The molecule has 2 aromatic carbocycles. The third-order valence-corrected chi connectivity index (χ3v) is 6.55. The Balaban J connectivity index is 1.53. The number of rotatable bonds is 6. The summed E-state index contributed by atoms with van der Waals surface area (Å²) in [6, 6.07) is 17.0. The maximum Gasteiger partial charge on any atom is 0.253 e. The number of halogens is 1. The highest BCUT2D eigenvalue weighted by molar-refractivity contribution is 7.09. The number of methoxy groups -OCH3 is 1. The number of carbonyl (C=O) groups is 2. The van der Waals surface area contributed by atoms with E-state index in [4.69, 9.17) is 4.74 Å². The fourth-order valence-electron chi connectivity index (χ4n) is 3.98. The van der Waals surface area contributed by atoms with Crippen LogP contribution in [0.2, 0.25) is 0 Å². The summed E-state index contributed by atoms with van der Waals surface area (Å²) in [7, 11) is 1.61. The van der Waals surface area contributed by atoms with E-state index in [-0.39, 0.29) is 23.5 Å². The number of benzene rings is 2. The van der Waals surface area contributed by atoms with Crippen LogP contribution in [0.25, 0.3) is 0 Å². The molecule has 0 radical (unpaired) electrons. The van der Waals surface area contributed by atoms with E-state index in [9.17, 15) is 14.0 Å².